The molecule has 6 nitrogen and oxygen atoms in total. The van der Waals surface area contributed by atoms with Gasteiger partial charge in [-0.2, -0.15) is 0 Å². The molecule has 1 aromatic rings. The first-order valence-corrected chi connectivity index (χ1v) is 7.66. The van der Waals surface area contributed by atoms with E-state index in [4.69, 9.17) is 9.57 Å². The molecule has 0 radical (unpaired) electrons. The van der Waals surface area contributed by atoms with Crippen LogP contribution in [-0.4, -0.2) is 41.9 Å². The number of amides is 1. The van der Waals surface area contributed by atoms with Gasteiger partial charge in [-0.25, -0.2) is 5.06 Å². The molecule has 1 heterocycles. The van der Waals surface area contributed by atoms with Gasteiger partial charge in [-0.3, -0.25) is 9.63 Å². The molecule has 1 aliphatic heterocycles. The van der Waals surface area contributed by atoms with Crippen molar-refractivity contribution < 1.29 is 24.6 Å². The first kappa shape index (κ1) is 21.1. The van der Waals surface area contributed by atoms with E-state index in [1.807, 2.05) is 27.7 Å². The second-order valence-electron chi connectivity index (χ2n) is 4.18. The Morgan fingerprint density at radius 2 is 1.91 bits per heavy atom. The fourth-order valence-electron chi connectivity index (χ4n) is 1.84. The van der Waals surface area contributed by atoms with E-state index in [1.165, 1.54) is 26.3 Å². The zero-order valence-corrected chi connectivity index (χ0v) is 14.7. The largest absolute Gasteiger partial charge is 0.487 e. The average molecular weight is 325 g/mol. The standard InChI is InChI=1S/C13H15NO5.2C2H6/c1-14(18-2)11(15)7-6-9-4-3-5-10-12(9)13(16,17)8-19-10;2*1-2/h3-7,16-17H,8H2,1-2H3;2*1-2H3/b7-6+;;. The van der Waals surface area contributed by atoms with Crippen LogP contribution in [0.2, 0.25) is 0 Å². The Labute approximate surface area is 137 Å². The second kappa shape index (κ2) is 9.99. The predicted molar refractivity (Wildman–Crippen MR) is 89.6 cm³/mol. The van der Waals surface area contributed by atoms with Crippen molar-refractivity contribution in [1.29, 1.82) is 0 Å². The van der Waals surface area contributed by atoms with Crippen LogP contribution in [0.5, 0.6) is 5.75 Å². The third-order valence-electron chi connectivity index (χ3n) is 2.88. The second-order valence-corrected chi connectivity index (χ2v) is 4.18. The molecule has 0 fully saturated rings. The van der Waals surface area contributed by atoms with E-state index in [0.29, 0.717) is 11.3 Å². The monoisotopic (exact) mass is 325 g/mol. The normalized spacial score (nSPS) is 13.9. The summed E-state index contributed by atoms with van der Waals surface area (Å²) in [4.78, 5) is 16.3. The molecule has 0 aromatic heterocycles. The number of carbonyl (C=O) groups is 1. The molecule has 1 aromatic carbocycles. The van der Waals surface area contributed by atoms with E-state index in [-0.39, 0.29) is 18.1 Å². The van der Waals surface area contributed by atoms with Gasteiger partial charge >= 0.3 is 0 Å². The molecule has 0 saturated carbocycles. The molecule has 0 atom stereocenters. The number of likely N-dealkylation sites (N-methyl/N-ethyl adjacent to an activating group) is 1. The van der Waals surface area contributed by atoms with Crippen LogP contribution in [-0.2, 0) is 15.4 Å². The number of fused-ring (bicyclic) bond motifs is 1. The van der Waals surface area contributed by atoms with Gasteiger partial charge in [0.15, 0.2) is 0 Å². The summed E-state index contributed by atoms with van der Waals surface area (Å²) in [6, 6.07) is 5.03. The highest BCUT2D eigenvalue weighted by Gasteiger charge is 2.38. The highest BCUT2D eigenvalue weighted by molar-refractivity contribution is 5.91. The summed E-state index contributed by atoms with van der Waals surface area (Å²) in [7, 11) is 2.86. The summed E-state index contributed by atoms with van der Waals surface area (Å²) in [6.45, 7) is 7.78. The summed E-state index contributed by atoms with van der Waals surface area (Å²) in [5.41, 5.74) is 0.775. The third kappa shape index (κ3) is 5.35. The SMILES string of the molecule is CC.CC.CON(C)C(=O)/C=C/c1cccc2c1C(O)(O)CO2. The summed E-state index contributed by atoms with van der Waals surface area (Å²) in [5, 5.41) is 20.7. The topological polar surface area (TPSA) is 79.2 Å². The molecule has 130 valence electrons. The average Bonchev–Trinajstić information content (AvgIpc) is 2.91. The van der Waals surface area contributed by atoms with Gasteiger partial charge in [-0.05, 0) is 17.7 Å². The van der Waals surface area contributed by atoms with Crippen molar-refractivity contribution in [1.82, 2.24) is 5.06 Å². The summed E-state index contributed by atoms with van der Waals surface area (Å²) in [5.74, 6) is -1.99. The number of aliphatic hydroxyl groups is 2. The fourth-order valence-corrected chi connectivity index (χ4v) is 1.84. The number of nitrogens with zero attached hydrogens (tertiary/aromatic N) is 1. The van der Waals surface area contributed by atoms with Crippen molar-refractivity contribution in [2.45, 2.75) is 33.5 Å². The van der Waals surface area contributed by atoms with Crippen molar-refractivity contribution in [3.63, 3.8) is 0 Å². The van der Waals surface area contributed by atoms with Gasteiger partial charge in [0.2, 0.25) is 5.79 Å². The summed E-state index contributed by atoms with van der Waals surface area (Å²) >= 11 is 0. The lowest BCUT2D eigenvalue weighted by Crippen LogP contribution is -2.27. The van der Waals surface area contributed by atoms with Crippen LogP contribution in [0.4, 0.5) is 0 Å². The minimum atomic E-state index is -2.04. The summed E-state index contributed by atoms with van der Waals surface area (Å²) in [6.07, 6.45) is 2.78. The van der Waals surface area contributed by atoms with E-state index >= 15 is 0 Å². The van der Waals surface area contributed by atoms with Crippen LogP contribution in [0.25, 0.3) is 6.08 Å². The van der Waals surface area contributed by atoms with Gasteiger partial charge in [0.05, 0.1) is 12.7 Å². The Kier molecular flexibility index (Phi) is 9.17. The van der Waals surface area contributed by atoms with Gasteiger partial charge < -0.3 is 14.9 Å². The molecule has 0 bridgehead atoms. The molecule has 2 N–H and O–H groups in total. The van der Waals surface area contributed by atoms with E-state index in [9.17, 15) is 15.0 Å². The lowest BCUT2D eigenvalue weighted by molar-refractivity contribution is -0.174. The number of hydroxylamine groups is 2. The maximum absolute atomic E-state index is 11.6. The minimum Gasteiger partial charge on any atom is -0.487 e. The van der Waals surface area contributed by atoms with Crippen LogP contribution >= 0.6 is 0 Å². The van der Waals surface area contributed by atoms with Gasteiger partial charge in [0.1, 0.15) is 12.4 Å². The molecular formula is C17H27NO5. The van der Waals surface area contributed by atoms with Crippen molar-refractivity contribution in [2.75, 3.05) is 20.8 Å². The van der Waals surface area contributed by atoms with E-state index < -0.39 is 5.79 Å². The number of hydrogen-bond donors (Lipinski definition) is 2. The smallest absolute Gasteiger partial charge is 0.269 e. The molecule has 1 aliphatic rings. The number of hydrogen-bond acceptors (Lipinski definition) is 5. The molecule has 0 saturated heterocycles. The quantitative estimate of drug-likeness (QED) is 0.506. The zero-order chi connectivity index (χ0) is 18.0. The van der Waals surface area contributed by atoms with E-state index in [0.717, 1.165) is 5.06 Å². The Bertz CT molecular complexity index is 526. The zero-order valence-electron chi connectivity index (χ0n) is 14.7. The Hall–Kier alpha value is -1.89. The maximum atomic E-state index is 11.6. The van der Waals surface area contributed by atoms with Crippen LogP contribution < -0.4 is 4.74 Å². The van der Waals surface area contributed by atoms with Crippen molar-refractivity contribution in [3.05, 3.63) is 35.4 Å². The molecule has 23 heavy (non-hydrogen) atoms. The third-order valence-corrected chi connectivity index (χ3v) is 2.88. The molecule has 6 heteroatoms. The minimum absolute atomic E-state index is 0.223. The van der Waals surface area contributed by atoms with Crippen molar-refractivity contribution in [3.8, 4) is 5.75 Å². The molecule has 2 rings (SSSR count). The first-order chi connectivity index (χ1) is 11.0. The lowest BCUT2D eigenvalue weighted by atomic mass is 10.0. The Morgan fingerprint density at radius 1 is 1.30 bits per heavy atom. The molecular weight excluding hydrogens is 298 g/mol. The van der Waals surface area contributed by atoms with Gasteiger partial charge in [0, 0.05) is 13.1 Å². The maximum Gasteiger partial charge on any atom is 0.269 e. The van der Waals surface area contributed by atoms with Crippen molar-refractivity contribution >= 4 is 12.0 Å². The van der Waals surface area contributed by atoms with Crippen LogP contribution in [0, 0.1) is 0 Å². The van der Waals surface area contributed by atoms with E-state index in [1.54, 1.807) is 18.2 Å². The lowest BCUT2D eigenvalue weighted by Gasteiger charge is -2.15. The van der Waals surface area contributed by atoms with Crippen LogP contribution in [0.15, 0.2) is 24.3 Å². The molecule has 0 unspecified atom stereocenters. The van der Waals surface area contributed by atoms with E-state index in [2.05, 4.69) is 0 Å². The number of carbonyl (C=O) groups excluding carboxylic acids is 1. The Balaban J connectivity index is 0.00000112. The van der Waals surface area contributed by atoms with Gasteiger partial charge in [-0.15, -0.1) is 0 Å². The summed E-state index contributed by atoms with van der Waals surface area (Å²) < 4.78 is 5.18. The number of benzene rings is 1. The van der Waals surface area contributed by atoms with Crippen LogP contribution in [0.3, 0.4) is 0 Å². The van der Waals surface area contributed by atoms with Gasteiger partial charge in [-0.1, -0.05) is 39.8 Å². The fraction of sp³-hybridized carbons (Fsp3) is 0.471. The predicted octanol–water partition coefficient (Wildman–Crippen LogP) is 2.30. The molecule has 0 aliphatic carbocycles. The van der Waals surface area contributed by atoms with Crippen LogP contribution in [0.1, 0.15) is 38.8 Å². The Morgan fingerprint density at radius 3 is 2.48 bits per heavy atom. The number of ether oxygens (including phenoxy) is 1. The van der Waals surface area contributed by atoms with Gasteiger partial charge in [0.25, 0.3) is 5.91 Å². The first-order valence-electron chi connectivity index (χ1n) is 7.66. The number of rotatable bonds is 3. The van der Waals surface area contributed by atoms with Crippen molar-refractivity contribution in [2.24, 2.45) is 0 Å². The molecule has 0 spiro atoms. The highest BCUT2D eigenvalue weighted by atomic mass is 16.7. The molecule has 1 amide bonds. The highest BCUT2D eigenvalue weighted by Crippen LogP contribution is 2.38.